The summed E-state index contributed by atoms with van der Waals surface area (Å²) >= 11 is 0. The van der Waals surface area contributed by atoms with E-state index in [1.165, 1.54) is 19.2 Å². The second-order valence-electron chi connectivity index (χ2n) is 3.70. The molecule has 0 unspecified atom stereocenters. The Morgan fingerprint density at radius 1 is 1.43 bits per heavy atom. The van der Waals surface area contributed by atoms with E-state index in [4.69, 9.17) is 10.5 Å². The molecule has 1 rings (SSSR count). The summed E-state index contributed by atoms with van der Waals surface area (Å²) in [7, 11) is 1.43. The van der Waals surface area contributed by atoms with Crippen LogP contribution in [0.3, 0.4) is 0 Å². The predicted molar refractivity (Wildman–Crippen MR) is 51.8 cm³/mol. The Morgan fingerprint density at radius 3 is 2.43 bits per heavy atom. The van der Waals surface area contributed by atoms with Crippen molar-refractivity contribution in [2.45, 2.75) is 19.4 Å². The first-order chi connectivity index (χ1) is 6.38. The summed E-state index contributed by atoms with van der Waals surface area (Å²) in [4.78, 5) is 0. The zero-order valence-electron chi connectivity index (χ0n) is 8.47. The fourth-order valence-electron chi connectivity index (χ4n) is 1.32. The van der Waals surface area contributed by atoms with Gasteiger partial charge in [0.25, 0.3) is 0 Å². The number of hydrogen-bond donors (Lipinski definition) is 2. The highest BCUT2D eigenvalue weighted by molar-refractivity contribution is 5.44. The molecule has 0 fully saturated rings. The van der Waals surface area contributed by atoms with Crippen LogP contribution >= 0.6 is 0 Å². The van der Waals surface area contributed by atoms with Crippen LogP contribution < -0.4 is 10.5 Å². The van der Waals surface area contributed by atoms with E-state index in [1.54, 1.807) is 13.8 Å². The Hall–Kier alpha value is -1.29. The topological polar surface area (TPSA) is 55.5 Å². The van der Waals surface area contributed by atoms with Crippen molar-refractivity contribution < 1.29 is 14.2 Å². The number of nitrogens with two attached hydrogens (primary N) is 1. The minimum Gasteiger partial charge on any atom is -0.505 e. The molecule has 0 atom stereocenters. The van der Waals surface area contributed by atoms with Gasteiger partial charge in [-0.2, -0.15) is 0 Å². The summed E-state index contributed by atoms with van der Waals surface area (Å²) < 4.78 is 18.5. The fourth-order valence-corrected chi connectivity index (χ4v) is 1.32. The van der Waals surface area contributed by atoms with Crippen LogP contribution in [0.2, 0.25) is 0 Å². The number of halogens is 1. The zero-order chi connectivity index (χ0) is 10.9. The average Bonchev–Trinajstić information content (AvgIpc) is 2.07. The Morgan fingerprint density at radius 2 is 2.00 bits per heavy atom. The molecule has 78 valence electrons. The summed E-state index contributed by atoms with van der Waals surface area (Å²) in [6.07, 6.45) is 0. The molecule has 0 spiro atoms. The van der Waals surface area contributed by atoms with E-state index in [2.05, 4.69) is 0 Å². The molecule has 0 amide bonds. The van der Waals surface area contributed by atoms with Gasteiger partial charge in [0.15, 0.2) is 11.6 Å². The first kappa shape index (κ1) is 10.8. The lowest BCUT2D eigenvalue weighted by atomic mass is 9.93. The van der Waals surface area contributed by atoms with Crippen molar-refractivity contribution in [3.8, 4) is 11.5 Å². The van der Waals surface area contributed by atoms with Gasteiger partial charge in [-0.15, -0.1) is 0 Å². The molecule has 0 aliphatic carbocycles. The van der Waals surface area contributed by atoms with Crippen molar-refractivity contribution in [3.05, 3.63) is 23.5 Å². The quantitative estimate of drug-likeness (QED) is 0.762. The van der Waals surface area contributed by atoms with Gasteiger partial charge in [-0.25, -0.2) is 4.39 Å². The van der Waals surface area contributed by atoms with E-state index in [9.17, 15) is 9.50 Å². The summed E-state index contributed by atoms with van der Waals surface area (Å²) in [6, 6.07) is 2.73. The molecule has 3 N–H and O–H groups in total. The van der Waals surface area contributed by atoms with Gasteiger partial charge in [-0.1, -0.05) is 0 Å². The first-order valence-electron chi connectivity index (χ1n) is 4.22. The SMILES string of the molecule is COc1ccc(O)c(F)c1C(C)(C)N. The number of phenols is 1. The monoisotopic (exact) mass is 199 g/mol. The lowest BCUT2D eigenvalue weighted by molar-refractivity contribution is 0.369. The molecular formula is C10H14FNO2. The van der Waals surface area contributed by atoms with Gasteiger partial charge in [-0.3, -0.25) is 0 Å². The number of aromatic hydroxyl groups is 1. The lowest BCUT2D eigenvalue weighted by Gasteiger charge is -2.22. The molecule has 0 aromatic heterocycles. The van der Waals surface area contributed by atoms with E-state index in [0.717, 1.165) is 0 Å². The van der Waals surface area contributed by atoms with E-state index in [-0.39, 0.29) is 5.56 Å². The van der Waals surface area contributed by atoms with Gasteiger partial charge in [0.05, 0.1) is 12.7 Å². The highest BCUT2D eigenvalue weighted by Gasteiger charge is 2.25. The van der Waals surface area contributed by atoms with E-state index in [0.29, 0.717) is 5.75 Å². The number of methoxy groups -OCH3 is 1. The molecule has 1 aromatic rings. The lowest BCUT2D eigenvalue weighted by Crippen LogP contribution is -2.30. The van der Waals surface area contributed by atoms with Gasteiger partial charge in [-0.05, 0) is 26.0 Å². The minimum absolute atomic E-state index is 0.181. The van der Waals surface area contributed by atoms with Gasteiger partial charge in [0.2, 0.25) is 0 Å². The average molecular weight is 199 g/mol. The highest BCUT2D eigenvalue weighted by Crippen LogP contribution is 2.34. The third kappa shape index (κ3) is 1.80. The number of phenolic OH excluding ortho intramolecular Hbond substituents is 1. The van der Waals surface area contributed by atoms with Gasteiger partial charge < -0.3 is 15.6 Å². The zero-order valence-corrected chi connectivity index (χ0v) is 8.47. The molecule has 0 bridgehead atoms. The third-order valence-corrected chi connectivity index (χ3v) is 1.95. The van der Waals surface area contributed by atoms with Crippen molar-refractivity contribution in [3.63, 3.8) is 0 Å². The Bertz CT molecular complexity index is 345. The molecule has 0 aliphatic heterocycles. The van der Waals surface area contributed by atoms with Crippen molar-refractivity contribution in [2.75, 3.05) is 7.11 Å². The van der Waals surface area contributed by atoms with Crippen LogP contribution in [0, 0.1) is 5.82 Å². The summed E-state index contributed by atoms with van der Waals surface area (Å²) in [5.41, 5.74) is 5.06. The fraction of sp³-hybridized carbons (Fsp3) is 0.400. The first-order valence-corrected chi connectivity index (χ1v) is 4.22. The second-order valence-corrected chi connectivity index (χ2v) is 3.70. The summed E-state index contributed by atoms with van der Waals surface area (Å²) in [5.74, 6) is -0.802. The van der Waals surface area contributed by atoms with Crippen LogP contribution in [0.25, 0.3) is 0 Å². The Balaban J connectivity index is 3.44. The normalized spacial score (nSPS) is 11.5. The molecule has 4 heteroatoms. The van der Waals surface area contributed by atoms with Gasteiger partial charge >= 0.3 is 0 Å². The third-order valence-electron chi connectivity index (χ3n) is 1.95. The summed E-state index contributed by atoms with van der Waals surface area (Å²) in [6.45, 7) is 3.29. The maximum Gasteiger partial charge on any atom is 0.173 e. The van der Waals surface area contributed by atoms with Crippen LogP contribution in [0.15, 0.2) is 12.1 Å². The van der Waals surface area contributed by atoms with Gasteiger partial charge in [0, 0.05) is 5.54 Å². The van der Waals surface area contributed by atoms with E-state index < -0.39 is 17.1 Å². The molecule has 14 heavy (non-hydrogen) atoms. The van der Waals surface area contributed by atoms with Crippen LogP contribution in [0.5, 0.6) is 11.5 Å². The molecule has 0 aliphatic rings. The smallest absolute Gasteiger partial charge is 0.173 e. The van der Waals surface area contributed by atoms with Crippen LogP contribution in [0.1, 0.15) is 19.4 Å². The van der Waals surface area contributed by atoms with E-state index >= 15 is 0 Å². The molecule has 0 saturated carbocycles. The second kappa shape index (κ2) is 3.46. The summed E-state index contributed by atoms with van der Waals surface area (Å²) in [5, 5.41) is 9.20. The molecule has 1 aromatic carbocycles. The molecular weight excluding hydrogens is 185 g/mol. The van der Waals surface area contributed by atoms with Gasteiger partial charge in [0.1, 0.15) is 5.75 Å². The molecule has 0 radical (unpaired) electrons. The molecule has 0 saturated heterocycles. The van der Waals surface area contributed by atoms with Crippen molar-refractivity contribution in [1.82, 2.24) is 0 Å². The number of rotatable bonds is 2. The standard InChI is InChI=1S/C10H14FNO2/c1-10(2,12)8-7(14-3)5-4-6(13)9(8)11/h4-5,13H,12H2,1-3H3. The number of ether oxygens (including phenoxy) is 1. The minimum atomic E-state index is -0.895. The van der Waals surface area contributed by atoms with Crippen molar-refractivity contribution >= 4 is 0 Å². The number of benzene rings is 1. The highest BCUT2D eigenvalue weighted by atomic mass is 19.1. The maximum atomic E-state index is 13.5. The van der Waals surface area contributed by atoms with Crippen molar-refractivity contribution in [1.29, 1.82) is 0 Å². The number of hydrogen-bond acceptors (Lipinski definition) is 3. The van der Waals surface area contributed by atoms with Crippen LogP contribution in [-0.4, -0.2) is 12.2 Å². The molecule has 3 nitrogen and oxygen atoms in total. The Kier molecular flexibility index (Phi) is 2.66. The van der Waals surface area contributed by atoms with Crippen LogP contribution in [0.4, 0.5) is 4.39 Å². The van der Waals surface area contributed by atoms with Crippen LogP contribution in [-0.2, 0) is 5.54 Å². The molecule has 0 heterocycles. The van der Waals surface area contributed by atoms with E-state index in [1.807, 2.05) is 0 Å². The maximum absolute atomic E-state index is 13.5. The predicted octanol–water partition coefficient (Wildman–Crippen LogP) is 1.73. The Labute approximate surface area is 82.3 Å². The largest absolute Gasteiger partial charge is 0.505 e. The van der Waals surface area contributed by atoms with Crippen molar-refractivity contribution in [2.24, 2.45) is 5.73 Å².